The summed E-state index contributed by atoms with van der Waals surface area (Å²) >= 11 is 0. The first kappa shape index (κ1) is 23.0. The average molecular weight is 477 g/mol. The van der Waals surface area contributed by atoms with Crippen LogP contribution >= 0.6 is 0 Å². The number of tetrazole rings is 1. The van der Waals surface area contributed by atoms with Crippen LogP contribution in [0.3, 0.4) is 0 Å². The van der Waals surface area contributed by atoms with Gasteiger partial charge in [0, 0.05) is 31.1 Å². The second kappa shape index (κ2) is 9.85. The summed E-state index contributed by atoms with van der Waals surface area (Å²) in [4.78, 5) is 18.3. The van der Waals surface area contributed by atoms with Crippen molar-refractivity contribution < 1.29 is 14.2 Å². The lowest BCUT2D eigenvalue weighted by molar-refractivity contribution is 0.173. The van der Waals surface area contributed by atoms with E-state index in [-0.39, 0.29) is 12.4 Å². The molecule has 4 aromatic rings. The van der Waals surface area contributed by atoms with Crippen molar-refractivity contribution in [1.82, 2.24) is 30.1 Å². The molecule has 1 aliphatic rings. The first-order chi connectivity index (χ1) is 17.0. The van der Waals surface area contributed by atoms with Crippen LogP contribution in [0.15, 0.2) is 41.2 Å². The second-order valence-corrected chi connectivity index (χ2v) is 8.76. The summed E-state index contributed by atoms with van der Waals surface area (Å²) in [6.45, 7) is 6.77. The minimum atomic E-state index is -0.0964. The molecule has 10 nitrogen and oxygen atoms in total. The Morgan fingerprint density at radius 1 is 1.06 bits per heavy atom. The first-order valence-electron chi connectivity index (χ1n) is 11.5. The smallest absolute Gasteiger partial charge is 0.252 e. The summed E-state index contributed by atoms with van der Waals surface area (Å²) in [7, 11) is 1.64. The molecule has 35 heavy (non-hydrogen) atoms. The van der Waals surface area contributed by atoms with Gasteiger partial charge in [-0.25, -0.2) is 4.68 Å². The van der Waals surface area contributed by atoms with Crippen LogP contribution < -0.4 is 15.0 Å². The number of aromatic nitrogens is 5. The Labute approximate surface area is 202 Å². The molecule has 2 aromatic heterocycles. The van der Waals surface area contributed by atoms with Gasteiger partial charge in [0.1, 0.15) is 0 Å². The Balaban J connectivity index is 1.47. The zero-order valence-corrected chi connectivity index (χ0v) is 20.1. The van der Waals surface area contributed by atoms with E-state index in [1.54, 1.807) is 11.8 Å². The van der Waals surface area contributed by atoms with Gasteiger partial charge >= 0.3 is 0 Å². The van der Waals surface area contributed by atoms with Crippen molar-refractivity contribution in [1.29, 1.82) is 0 Å². The normalized spacial score (nSPS) is 12.7. The van der Waals surface area contributed by atoms with Crippen LogP contribution in [0.4, 0.5) is 0 Å². The van der Waals surface area contributed by atoms with Crippen molar-refractivity contribution in [2.45, 2.75) is 40.0 Å². The molecule has 0 fully saturated rings. The fourth-order valence-electron chi connectivity index (χ4n) is 4.33. The predicted molar refractivity (Wildman–Crippen MR) is 129 cm³/mol. The van der Waals surface area contributed by atoms with Crippen LogP contribution in [0.5, 0.6) is 11.5 Å². The Morgan fingerprint density at radius 3 is 2.74 bits per heavy atom. The van der Waals surface area contributed by atoms with E-state index in [2.05, 4.69) is 38.4 Å². The number of methoxy groups -OCH3 is 1. The summed E-state index contributed by atoms with van der Waals surface area (Å²) < 4.78 is 17.9. The van der Waals surface area contributed by atoms with Crippen LogP contribution in [0.2, 0.25) is 0 Å². The third-order valence-electron chi connectivity index (χ3n) is 6.24. The van der Waals surface area contributed by atoms with Crippen LogP contribution in [-0.4, -0.2) is 50.6 Å². The summed E-state index contributed by atoms with van der Waals surface area (Å²) in [5, 5.41) is 13.2. The van der Waals surface area contributed by atoms with E-state index in [0.29, 0.717) is 44.2 Å². The Kier molecular flexibility index (Phi) is 6.47. The van der Waals surface area contributed by atoms with Crippen molar-refractivity contribution in [3.63, 3.8) is 0 Å². The molecule has 182 valence electrons. The lowest BCUT2D eigenvalue weighted by Crippen LogP contribution is -2.28. The van der Waals surface area contributed by atoms with Gasteiger partial charge in [-0.15, -0.1) is 5.10 Å². The number of pyridine rings is 1. The van der Waals surface area contributed by atoms with Gasteiger partial charge in [-0.2, -0.15) is 0 Å². The Morgan fingerprint density at radius 2 is 1.89 bits per heavy atom. The fraction of sp³-hybridized carbons (Fsp3) is 0.360. The van der Waals surface area contributed by atoms with Gasteiger partial charge < -0.3 is 19.2 Å². The number of ether oxygens (including phenoxy) is 3. The van der Waals surface area contributed by atoms with E-state index >= 15 is 0 Å². The van der Waals surface area contributed by atoms with E-state index < -0.39 is 0 Å². The van der Waals surface area contributed by atoms with Crippen LogP contribution in [0.1, 0.15) is 28.1 Å². The topological polar surface area (TPSA) is 107 Å². The molecular formula is C25H28N6O4. The predicted octanol–water partition coefficient (Wildman–Crippen LogP) is 2.71. The maximum absolute atomic E-state index is 13.1. The Hall–Kier alpha value is -3.76. The van der Waals surface area contributed by atoms with Gasteiger partial charge in [-0.1, -0.05) is 18.2 Å². The van der Waals surface area contributed by atoms with Crippen LogP contribution in [0, 0.1) is 13.8 Å². The molecule has 0 spiro atoms. The molecule has 0 aliphatic carbocycles. The summed E-state index contributed by atoms with van der Waals surface area (Å²) in [6, 6.07) is 12.0. The number of hydrogen-bond acceptors (Lipinski definition) is 8. The monoisotopic (exact) mass is 476 g/mol. The quantitative estimate of drug-likeness (QED) is 0.393. The number of fused-ring (bicyclic) bond motifs is 2. The lowest BCUT2D eigenvalue weighted by Gasteiger charge is -2.22. The molecule has 1 N–H and O–H groups in total. The van der Waals surface area contributed by atoms with Crippen molar-refractivity contribution >= 4 is 10.9 Å². The molecule has 5 rings (SSSR count). The number of aromatic amines is 1. The summed E-state index contributed by atoms with van der Waals surface area (Å²) in [6.07, 6.45) is 0. The number of nitrogens with zero attached hydrogens (tertiary/aromatic N) is 5. The maximum Gasteiger partial charge on any atom is 0.252 e. The van der Waals surface area contributed by atoms with E-state index in [1.165, 1.54) is 0 Å². The minimum Gasteiger partial charge on any atom is -0.454 e. The molecule has 1 aliphatic heterocycles. The number of rotatable bonds is 9. The number of H-pyrrole nitrogens is 1. The molecule has 3 heterocycles. The third kappa shape index (κ3) is 4.89. The van der Waals surface area contributed by atoms with Crippen molar-refractivity contribution in [2.75, 3.05) is 20.5 Å². The lowest BCUT2D eigenvalue weighted by atomic mass is 10.0. The third-order valence-corrected chi connectivity index (χ3v) is 6.24. The highest BCUT2D eigenvalue weighted by atomic mass is 16.7. The van der Waals surface area contributed by atoms with E-state index in [1.807, 2.05) is 37.3 Å². The summed E-state index contributed by atoms with van der Waals surface area (Å²) in [5.41, 5.74) is 4.67. The van der Waals surface area contributed by atoms with Gasteiger partial charge in [-0.3, -0.25) is 9.69 Å². The second-order valence-electron chi connectivity index (χ2n) is 8.76. The molecular weight excluding hydrogens is 448 g/mol. The molecule has 2 aromatic carbocycles. The highest BCUT2D eigenvalue weighted by Gasteiger charge is 2.19. The number of nitrogens with one attached hydrogen (secondary N) is 1. The average Bonchev–Trinajstić information content (AvgIpc) is 3.50. The van der Waals surface area contributed by atoms with Crippen molar-refractivity contribution in [2.24, 2.45) is 0 Å². The zero-order chi connectivity index (χ0) is 24.4. The molecule has 0 saturated heterocycles. The first-order valence-corrected chi connectivity index (χ1v) is 11.5. The SMILES string of the molecule is COCCn1nnnc1CN(Cc1ccc2c(c1)OCO2)Cc1cc2c(C)ccc(C)c2[nH]c1=O. The largest absolute Gasteiger partial charge is 0.454 e. The maximum atomic E-state index is 13.1. The van der Waals surface area contributed by atoms with E-state index in [4.69, 9.17) is 14.2 Å². The van der Waals surface area contributed by atoms with Crippen LogP contribution in [-0.2, 0) is 30.9 Å². The number of hydrogen-bond donors (Lipinski definition) is 1. The van der Waals surface area contributed by atoms with E-state index in [9.17, 15) is 4.79 Å². The molecule has 0 amide bonds. The molecule has 0 radical (unpaired) electrons. The summed E-state index contributed by atoms with van der Waals surface area (Å²) in [5.74, 6) is 2.16. The van der Waals surface area contributed by atoms with Gasteiger partial charge in [0.2, 0.25) is 6.79 Å². The standard InChI is InChI=1S/C25H28N6O4/c1-16-4-5-17(2)24-20(16)11-19(25(32)26-24)13-30(14-23-27-28-29-31(23)8-9-33-3)12-18-6-7-21-22(10-18)35-15-34-21/h4-7,10-11H,8-9,12-15H2,1-3H3,(H,26,32). The molecule has 0 unspecified atom stereocenters. The van der Waals surface area contributed by atoms with E-state index in [0.717, 1.165) is 39.1 Å². The highest BCUT2D eigenvalue weighted by Crippen LogP contribution is 2.33. The van der Waals surface area contributed by atoms with Gasteiger partial charge in [0.05, 0.1) is 25.2 Å². The fourth-order valence-corrected chi connectivity index (χ4v) is 4.33. The minimum absolute atomic E-state index is 0.0964. The molecule has 0 saturated carbocycles. The van der Waals surface area contributed by atoms with Gasteiger partial charge in [0.25, 0.3) is 5.56 Å². The van der Waals surface area contributed by atoms with Crippen LogP contribution in [0.25, 0.3) is 10.9 Å². The van der Waals surface area contributed by atoms with Crippen molar-refractivity contribution in [3.05, 3.63) is 74.8 Å². The van der Waals surface area contributed by atoms with Gasteiger partial charge in [0.15, 0.2) is 17.3 Å². The Bertz CT molecular complexity index is 1410. The highest BCUT2D eigenvalue weighted by molar-refractivity contribution is 5.85. The molecule has 10 heteroatoms. The van der Waals surface area contributed by atoms with Gasteiger partial charge in [-0.05, 0) is 59.2 Å². The molecule has 0 atom stereocenters. The van der Waals surface area contributed by atoms with Crippen molar-refractivity contribution in [3.8, 4) is 11.5 Å². The number of benzene rings is 2. The number of aryl methyl sites for hydroxylation is 2. The zero-order valence-electron chi connectivity index (χ0n) is 20.1. The molecule has 0 bridgehead atoms.